The second-order valence-corrected chi connectivity index (χ2v) is 6.44. The van der Waals surface area contributed by atoms with Gasteiger partial charge in [0.15, 0.2) is 11.5 Å². The quantitative estimate of drug-likeness (QED) is 0.799. The number of piperidine rings is 1. The van der Waals surface area contributed by atoms with E-state index in [2.05, 4.69) is 10.3 Å². The van der Waals surface area contributed by atoms with E-state index in [1.165, 1.54) is 29.3 Å². The van der Waals surface area contributed by atoms with Crippen molar-refractivity contribution < 1.29 is 23.5 Å². The van der Waals surface area contributed by atoms with Crippen LogP contribution in [0.2, 0.25) is 0 Å². The Morgan fingerprint density at radius 2 is 1.89 bits per heavy atom. The van der Waals surface area contributed by atoms with Crippen LogP contribution in [-0.2, 0) is 4.79 Å². The summed E-state index contributed by atoms with van der Waals surface area (Å²) in [6.45, 7) is 0.486. The second kappa shape index (κ2) is 9.07. The molecule has 0 saturated carbocycles. The third-order valence-corrected chi connectivity index (χ3v) is 4.56. The maximum atomic E-state index is 13.6. The maximum Gasteiger partial charge on any atom is 0.415 e. The predicted molar refractivity (Wildman–Crippen MR) is 98.3 cm³/mol. The lowest BCUT2D eigenvalue weighted by Gasteiger charge is -2.30. The Hall–Kier alpha value is -3.29. The summed E-state index contributed by atoms with van der Waals surface area (Å²) in [6.07, 6.45) is 3.47. The molecule has 1 N–H and O–H groups in total. The van der Waals surface area contributed by atoms with E-state index in [1.807, 2.05) is 0 Å². The van der Waals surface area contributed by atoms with E-state index in [1.54, 1.807) is 24.4 Å². The summed E-state index contributed by atoms with van der Waals surface area (Å²) < 4.78 is 18.8. The Morgan fingerprint density at radius 3 is 2.57 bits per heavy atom. The number of halogens is 1. The van der Waals surface area contributed by atoms with Crippen LogP contribution >= 0.6 is 0 Å². The Kier molecular flexibility index (Phi) is 6.31. The summed E-state index contributed by atoms with van der Waals surface area (Å²) in [5.41, 5.74) is -0.0456. The first-order valence-electron chi connectivity index (χ1n) is 8.97. The summed E-state index contributed by atoms with van der Waals surface area (Å²) in [7, 11) is 0. The summed E-state index contributed by atoms with van der Waals surface area (Å²) in [4.78, 5) is 41.9. The smallest absolute Gasteiger partial charge is 0.409 e. The van der Waals surface area contributed by atoms with Crippen LogP contribution in [0.15, 0.2) is 48.8 Å². The van der Waals surface area contributed by atoms with Crippen molar-refractivity contribution in [2.24, 2.45) is 5.92 Å². The molecule has 0 atom stereocenters. The minimum absolute atomic E-state index is 0.0456. The van der Waals surface area contributed by atoms with Gasteiger partial charge in [-0.2, -0.15) is 0 Å². The van der Waals surface area contributed by atoms with Crippen molar-refractivity contribution in [1.29, 1.82) is 0 Å². The van der Waals surface area contributed by atoms with Gasteiger partial charge in [0.1, 0.15) is 5.82 Å². The second-order valence-electron chi connectivity index (χ2n) is 6.44. The van der Waals surface area contributed by atoms with Gasteiger partial charge in [0, 0.05) is 25.2 Å². The summed E-state index contributed by atoms with van der Waals surface area (Å²) in [5, 5.41) is 2.56. The Bertz CT molecular complexity index is 852. The maximum absolute atomic E-state index is 13.6. The molecule has 2 heterocycles. The summed E-state index contributed by atoms with van der Waals surface area (Å²) >= 11 is 0. The molecule has 3 rings (SSSR count). The van der Waals surface area contributed by atoms with E-state index in [0.717, 1.165) is 0 Å². The average Bonchev–Trinajstić information content (AvgIpc) is 2.73. The molecule has 0 radical (unpaired) electrons. The minimum atomic E-state index is -0.609. The molecular weight excluding hydrogens is 365 g/mol. The highest BCUT2D eigenvalue weighted by Gasteiger charge is 2.28. The van der Waals surface area contributed by atoms with E-state index < -0.39 is 17.7 Å². The molecule has 8 heteroatoms. The minimum Gasteiger partial charge on any atom is -0.409 e. The van der Waals surface area contributed by atoms with E-state index in [0.29, 0.717) is 31.7 Å². The van der Waals surface area contributed by atoms with Gasteiger partial charge in [-0.05, 0) is 37.1 Å². The van der Waals surface area contributed by atoms with Crippen LogP contribution < -0.4 is 10.1 Å². The number of pyridine rings is 1. The van der Waals surface area contributed by atoms with Crippen LogP contribution in [-0.4, -0.2) is 47.3 Å². The van der Waals surface area contributed by atoms with Gasteiger partial charge in [0.25, 0.3) is 0 Å². The zero-order chi connectivity index (χ0) is 19.9. The predicted octanol–water partition coefficient (Wildman–Crippen LogP) is 2.43. The van der Waals surface area contributed by atoms with Crippen LogP contribution in [0.25, 0.3) is 0 Å². The van der Waals surface area contributed by atoms with Crippen LogP contribution in [0.5, 0.6) is 5.75 Å². The number of ether oxygens (including phenoxy) is 1. The van der Waals surface area contributed by atoms with Gasteiger partial charge in [0.05, 0.1) is 18.3 Å². The van der Waals surface area contributed by atoms with E-state index in [4.69, 9.17) is 4.74 Å². The highest BCUT2D eigenvalue weighted by molar-refractivity contribution is 5.99. The molecule has 0 bridgehead atoms. The van der Waals surface area contributed by atoms with Gasteiger partial charge >= 0.3 is 6.09 Å². The van der Waals surface area contributed by atoms with E-state index >= 15 is 0 Å². The number of nitrogens with zero attached hydrogens (tertiary/aromatic N) is 2. The Balaban J connectivity index is 1.44. The standard InChI is InChI=1S/C20H20FN3O4/c21-17-6-2-1-5-16(17)18(25)13-23-19(26)14-7-10-24(11-8-14)20(27)28-15-4-3-9-22-12-15/h1-6,9,12,14H,7-8,10-11,13H2,(H,23,26). The molecule has 1 aromatic heterocycles. The average molecular weight is 385 g/mol. The van der Waals surface area contributed by atoms with Gasteiger partial charge in [-0.1, -0.05) is 12.1 Å². The van der Waals surface area contributed by atoms with Crippen LogP contribution in [0.3, 0.4) is 0 Å². The van der Waals surface area contributed by atoms with Crippen molar-refractivity contribution in [2.75, 3.05) is 19.6 Å². The van der Waals surface area contributed by atoms with Crippen molar-refractivity contribution in [3.05, 3.63) is 60.2 Å². The fourth-order valence-electron chi connectivity index (χ4n) is 2.99. The number of Topliss-reactive ketones (excluding diaryl/α,β-unsaturated/α-hetero) is 1. The molecule has 0 spiro atoms. The third kappa shape index (κ3) is 4.91. The molecule has 1 aliphatic heterocycles. The number of carbonyl (C=O) groups is 3. The van der Waals surface area contributed by atoms with Gasteiger partial charge in [0.2, 0.25) is 5.91 Å². The first kappa shape index (κ1) is 19.5. The SMILES string of the molecule is O=C(CNC(=O)C1CCN(C(=O)Oc2cccnc2)CC1)c1ccccc1F. The lowest BCUT2D eigenvalue weighted by atomic mass is 9.96. The van der Waals surface area contributed by atoms with Crippen molar-refractivity contribution in [1.82, 2.24) is 15.2 Å². The van der Waals surface area contributed by atoms with Crippen molar-refractivity contribution in [3.8, 4) is 5.75 Å². The largest absolute Gasteiger partial charge is 0.415 e. The van der Waals surface area contributed by atoms with E-state index in [9.17, 15) is 18.8 Å². The van der Waals surface area contributed by atoms with Crippen LogP contribution in [0.4, 0.5) is 9.18 Å². The first-order chi connectivity index (χ1) is 13.5. The zero-order valence-electron chi connectivity index (χ0n) is 15.1. The fraction of sp³-hybridized carbons (Fsp3) is 0.300. The number of carbonyl (C=O) groups excluding carboxylic acids is 3. The normalized spacial score (nSPS) is 14.4. The number of hydrogen-bond donors (Lipinski definition) is 1. The third-order valence-electron chi connectivity index (χ3n) is 4.56. The fourth-order valence-corrected chi connectivity index (χ4v) is 2.99. The van der Waals surface area contributed by atoms with Gasteiger partial charge < -0.3 is 15.0 Å². The van der Waals surface area contributed by atoms with Crippen LogP contribution in [0, 0.1) is 11.7 Å². The van der Waals surface area contributed by atoms with Crippen LogP contribution in [0.1, 0.15) is 23.2 Å². The molecule has 1 saturated heterocycles. The Labute approximate surface area is 161 Å². The van der Waals surface area contributed by atoms with Gasteiger partial charge in [-0.25, -0.2) is 9.18 Å². The highest BCUT2D eigenvalue weighted by atomic mass is 19.1. The first-order valence-corrected chi connectivity index (χ1v) is 8.97. The van der Waals surface area contributed by atoms with Crippen molar-refractivity contribution in [2.45, 2.75) is 12.8 Å². The van der Waals surface area contributed by atoms with Gasteiger partial charge in [-0.15, -0.1) is 0 Å². The molecule has 1 aromatic carbocycles. The molecule has 2 amide bonds. The zero-order valence-corrected chi connectivity index (χ0v) is 15.1. The number of amides is 2. The molecule has 28 heavy (non-hydrogen) atoms. The number of nitrogens with one attached hydrogen (secondary N) is 1. The highest BCUT2D eigenvalue weighted by Crippen LogP contribution is 2.19. The molecule has 0 aliphatic carbocycles. The molecule has 2 aromatic rings. The molecule has 1 aliphatic rings. The lowest BCUT2D eigenvalue weighted by Crippen LogP contribution is -2.44. The number of rotatable bonds is 5. The topological polar surface area (TPSA) is 88.6 Å². The monoisotopic (exact) mass is 385 g/mol. The summed E-state index contributed by atoms with van der Waals surface area (Å²) in [6, 6.07) is 8.96. The number of aromatic nitrogens is 1. The molecule has 7 nitrogen and oxygen atoms in total. The molecule has 146 valence electrons. The number of hydrogen-bond acceptors (Lipinski definition) is 5. The number of likely N-dealkylation sites (tertiary alicyclic amines) is 1. The van der Waals surface area contributed by atoms with Crippen molar-refractivity contribution >= 4 is 17.8 Å². The molecule has 0 unspecified atom stereocenters. The summed E-state index contributed by atoms with van der Waals surface area (Å²) in [5.74, 6) is -1.31. The molecule has 1 fully saturated rings. The number of ketones is 1. The van der Waals surface area contributed by atoms with E-state index in [-0.39, 0.29) is 23.9 Å². The van der Waals surface area contributed by atoms with Crippen molar-refractivity contribution in [3.63, 3.8) is 0 Å². The lowest BCUT2D eigenvalue weighted by molar-refractivity contribution is -0.126. The Morgan fingerprint density at radius 1 is 1.14 bits per heavy atom. The molecular formula is C20H20FN3O4. The number of benzene rings is 1. The van der Waals surface area contributed by atoms with Gasteiger partial charge in [-0.3, -0.25) is 14.6 Å².